The van der Waals surface area contributed by atoms with E-state index in [9.17, 15) is 0 Å². The van der Waals surface area contributed by atoms with Gasteiger partial charge in [0.05, 0.1) is 0 Å². The van der Waals surface area contributed by atoms with Gasteiger partial charge < -0.3 is 10.2 Å². The van der Waals surface area contributed by atoms with Crippen molar-refractivity contribution < 1.29 is 0 Å². The number of anilines is 1. The van der Waals surface area contributed by atoms with Crippen molar-refractivity contribution >= 4 is 5.69 Å². The fourth-order valence-corrected chi connectivity index (χ4v) is 2.19. The zero-order chi connectivity index (χ0) is 10.7. The van der Waals surface area contributed by atoms with Crippen molar-refractivity contribution in [2.45, 2.75) is 19.8 Å². The second kappa shape index (κ2) is 4.67. The first-order valence-corrected chi connectivity index (χ1v) is 5.85. The Balaban J connectivity index is 2.03. The summed E-state index contributed by atoms with van der Waals surface area (Å²) in [6, 6.07) is 6.90. The molecule has 1 N–H and O–H groups in total. The standard InChI is InChI=1S/C13H20N2/c1-3-14-8-6-11-4-5-13-12(10-11)7-9-15(13)2/h4-5,10,14H,3,6-9H2,1-2H3. The van der Waals surface area contributed by atoms with Gasteiger partial charge in [-0.15, -0.1) is 0 Å². The summed E-state index contributed by atoms with van der Waals surface area (Å²) >= 11 is 0. The molecule has 0 radical (unpaired) electrons. The quantitative estimate of drug-likeness (QED) is 0.753. The van der Waals surface area contributed by atoms with Gasteiger partial charge >= 0.3 is 0 Å². The molecule has 0 spiro atoms. The summed E-state index contributed by atoms with van der Waals surface area (Å²) in [5.41, 5.74) is 4.40. The smallest absolute Gasteiger partial charge is 0.0397 e. The topological polar surface area (TPSA) is 15.3 Å². The van der Waals surface area contributed by atoms with Crippen LogP contribution in [0.25, 0.3) is 0 Å². The molecule has 0 saturated heterocycles. The second-order valence-electron chi connectivity index (χ2n) is 4.24. The molecule has 1 aliphatic rings. The van der Waals surface area contributed by atoms with Crippen molar-refractivity contribution in [1.29, 1.82) is 0 Å². The van der Waals surface area contributed by atoms with Crippen LogP contribution in [-0.2, 0) is 12.8 Å². The largest absolute Gasteiger partial charge is 0.374 e. The van der Waals surface area contributed by atoms with E-state index in [0.29, 0.717) is 0 Å². The Kier molecular flexibility index (Phi) is 3.27. The third-order valence-corrected chi connectivity index (χ3v) is 3.11. The molecule has 0 amide bonds. The van der Waals surface area contributed by atoms with Gasteiger partial charge in [-0.2, -0.15) is 0 Å². The van der Waals surface area contributed by atoms with Crippen molar-refractivity contribution in [1.82, 2.24) is 5.32 Å². The van der Waals surface area contributed by atoms with Crippen LogP contribution in [0, 0.1) is 0 Å². The molecular weight excluding hydrogens is 184 g/mol. The van der Waals surface area contributed by atoms with Gasteiger partial charge in [-0.05, 0) is 43.1 Å². The molecule has 2 heteroatoms. The third-order valence-electron chi connectivity index (χ3n) is 3.11. The van der Waals surface area contributed by atoms with Crippen LogP contribution < -0.4 is 10.2 Å². The van der Waals surface area contributed by atoms with Gasteiger partial charge in [0.1, 0.15) is 0 Å². The number of benzene rings is 1. The lowest BCUT2D eigenvalue weighted by Crippen LogP contribution is -2.16. The van der Waals surface area contributed by atoms with Crippen LogP contribution in [0.4, 0.5) is 5.69 Å². The van der Waals surface area contributed by atoms with E-state index >= 15 is 0 Å². The molecule has 1 heterocycles. The van der Waals surface area contributed by atoms with Crippen LogP contribution in [0.15, 0.2) is 18.2 Å². The van der Waals surface area contributed by atoms with Crippen LogP contribution in [0.5, 0.6) is 0 Å². The number of rotatable bonds is 4. The predicted octanol–water partition coefficient (Wildman–Crippen LogP) is 1.83. The summed E-state index contributed by atoms with van der Waals surface area (Å²) in [7, 11) is 2.17. The lowest BCUT2D eigenvalue weighted by atomic mass is 10.1. The maximum absolute atomic E-state index is 3.36. The molecule has 0 bridgehead atoms. The van der Waals surface area contributed by atoms with Crippen LogP contribution >= 0.6 is 0 Å². The Hall–Kier alpha value is -1.02. The van der Waals surface area contributed by atoms with Gasteiger partial charge in [-0.25, -0.2) is 0 Å². The average Bonchev–Trinajstić information content (AvgIpc) is 2.61. The predicted molar refractivity (Wildman–Crippen MR) is 65.7 cm³/mol. The van der Waals surface area contributed by atoms with Crippen molar-refractivity contribution in [2.24, 2.45) is 0 Å². The van der Waals surface area contributed by atoms with Crippen LogP contribution in [0.2, 0.25) is 0 Å². The van der Waals surface area contributed by atoms with Crippen molar-refractivity contribution in [3.63, 3.8) is 0 Å². The molecule has 82 valence electrons. The van der Waals surface area contributed by atoms with Gasteiger partial charge in [0.2, 0.25) is 0 Å². The number of nitrogens with one attached hydrogen (secondary N) is 1. The first-order valence-electron chi connectivity index (χ1n) is 5.85. The fourth-order valence-electron chi connectivity index (χ4n) is 2.19. The summed E-state index contributed by atoms with van der Waals surface area (Å²) < 4.78 is 0. The van der Waals surface area contributed by atoms with E-state index < -0.39 is 0 Å². The molecule has 1 aromatic carbocycles. The van der Waals surface area contributed by atoms with E-state index in [1.54, 1.807) is 0 Å². The molecule has 2 nitrogen and oxygen atoms in total. The number of hydrogen-bond acceptors (Lipinski definition) is 2. The molecule has 15 heavy (non-hydrogen) atoms. The third kappa shape index (κ3) is 2.32. The second-order valence-corrected chi connectivity index (χ2v) is 4.24. The van der Waals surface area contributed by atoms with Crippen molar-refractivity contribution in [2.75, 3.05) is 31.6 Å². The first kappa shape index (κ1) is 10.5. The highest BCUT2D eigenvalue weighted by Gasteiger charge is 2.14. The Morgan fingerprint density at radius 3 is 3.07 bits per heavy atom. The Bertz CT molecular complexity index is 333. The Morgan fingerprint density at radius 1 is 1.40 bits per heavy atom. The first-order chi connectivity index (χ1) is 7.31. The number of nitrogens with zero attached hydrogens (tertiary/aromatic N) is 1. The highest BCUT2D eigenvalue weighted by molar-refractivity contribution is 5.58. The highest BCUT2D eigenvalue weighted by atomic mass is 15.1. The average molecular weight is 204 g/mol. The van der Waals surface area contributed by atoms with E-state index in [-0.39, 0.29) is 0 Å². The summed E-state index contributed by atoms with van der Waals surface area (Å²) in [6.07, 6.45) is 2.35. The minimum atomic E-state index is 1.06. The van der Waals surface area contributed by atoms with Gasteiger partial charge in [0.25, 0.3) is 0 Å². The molecule has 0 aromatic heterocycles. The molecule has 0 unspecified atom stereocenters. The fraction of sp³-hybridized carbons (Fsp3) is 0.538. The summed E-state index contributed by atoms with van der Waals surface area (Å²) in [6.45, 7) is 5.47. The van der Waals surface area contributed by atoms with Gasteiger partial charge in [-0.3, -0.25) is 0 Å². The maximum atomic E-state index is 3.36. The van der Waals surface area contributed by atoms with Gasteiger partial charge in [-0.1, -0.05) is 19.1 Å². The Labute approximate surface area is 92.3 Å². The molecule has 0 saturated carbocycles. The van der Waals surface area contributed by atoms with Crippen LogP contribution in [-0.4, -0.2) is 26.7 Å². The molecule has 2 rings (SSSR count). The maximum Gasteiger partial charge on any atom is 0.0397 e. The number of hydrogen-bond donors (Lipinski definition) is 1. The lowest BCUT2D eigenvalue weighted by molar-refractivity contribution is 0.716. The highest BCUT2D eigenvalue weighted by Crippen LogP contribution is 2.27. The molecule has 1 aliphatic heterocycles. The van der Waals surface area contributed by atoms with E-state index in [1.807, 2.05) is 0 Å². The normalized spacial score (nSPS) is 14.4. The zero-order valence-corrected chi connectivity index (χ0v) is 9.71. The minimum Gasteiger partial charge on any atom is -0.374 e. The van der Waals surface area contributed by atoms with Gasteiger partial charge in [0, 0.05) is 19.3 Å². The molecule has 0 fully saturated rings. The van der Waals surface area contributed by atoms with Crippen LogP contribution in [0.1, 0.15) is 18.1 Å². The monoisotopic (exact) mass is 204 g/mol. The summed E-state index contributed by atoms with van der Waals surface area (Å²) in [5, 5.41) is 3.36. The van der Waals surface area contributed by atoms with E-state index in [1.165, 1.54) is 29.8 Å². The summed E-state index contributed by atoms with van der Waals surface area (Å²) in [5.74, 6) is 0. The van der Waals surface area contributed by atoms with Gasteiger partial charge in [0.15, 0.2) is 0 Å². The van der Waals surface area contributed by atoms with E-state index in [4.69, 9.17) is 0 Å². The number of likely N-dealkylation sites (N-methyl/N-ethyl adjacent to an activating group) is 2. The van der Waals surface area contributed by atoms with Crippen molar-refractivity contribution in [3.05, 3.63) is 29.3 Å². The minimum absolute atomic E-state index is 1.06. The molecule has 1 aromatic rings. The van der Waals surface area contributed by atoms with Crippen molar-refractivity contribution in [3.8, 4) is 0 Å². The van der Waals surface area contributed by atoms with E-state index in [0.717, 1.165) is 19.5 Å². The molecule has 0 atom stereocenters. The number of fused-ring (bicyclic) bond motifs is 1. The zero-order valence-electron chi connectivity index (χ0n) is 9.71. The van der Waals surface area contributed by atoms with Crippen LogP contribution in [0.3, 0.4) is 0 Å². The summed E-state index contributed by atoms with van der Waals surface area (Å²) in [4.78, 5) is 2.34. The van der Waals surface area contributed by atoms with E-state index in [2.05, 4.69) is 42.4 Å². The molecule has 0 aliphatic carbocycles. The Morgan fingerprint density at radius 2 is 2.27 bits per heavy atom. The lowest BCUT2D eigenvalue weighted by Gasteiger charge is -2.12. The SMILES string of the molecule is CCNCCc1ccc2c(c1)CCN2C. The molecular formula is C13H20N2.